The number of imidazole rings is 1. The van der Waals surface area contributed by atoms with Gasteiger partial charge in [-0.3, -0.25) is 0 Å². The number of nitrogens with zero attached hydrogens (tertiary/aromatic N) is 4. The molecule has 9 heteroatoms. The maximum absolute atomic E-state index is 14.1. The van der Waals surface area contributed by atoms with Gasteiger partial charge in [-0.2, -0.15) is 0 Å². The van der Waals surface area contributed by atoms with Crippen LogP contribution in [-0.2, 0) is 13.1 Å². The van der Waals surface area contributed by atoms with Gasteiger partial charge in [-0.05, 0) is 31.0 Å². The lowest BCUT2D eigenvalue weighted by Gasteiger charge is -2.21. The molecule has 1 aliphatic heterocycles. The molecule has 0 amide bonds. The van der Waals surface area contributed by atoms with Gasteiger partial charge in [0.25, 0.3) is 0 Å². The van der Waals surface area contributed by atoms with E-state index in [9.17, 15) is 8.78 Å². The first kappa shape index (κ1) is 24.9. The highest BCUT2D eigenvalue weighted by Crippen LogP contribution is 2.24. The number of benzene rings is 2. The Hall–Kier alpha value is -2.69. The molecular formula is C24H29F2IN6. The van der Waals surface area contributed by atoms with Crippen LogP contribution in [0.25, 0.3) is 0 Å². The molecule has 176 valence electrons. The standard InChI is InChI=1S/C24H28F2N6.HI/c1-2-27-24(29-15-23-28-11-13-32(23)16-18-6-4-3-5-7-18)30-20-10-12-31(17-20)22-9-8-19(25)14-21(22)26;/h3-9,11,13-14,20H,2,10,12,15-17H2,1H3,(H2,27,29,30);1H. The topological polar surface area (TPSA) is 57.5 Å². The predicted molar refractivity (Wildman–Crippen MR) is 138 cm³/mol. The highest BCUT2D eigenvalue weighted by Gasteiger charge is 2.25. The summed E-state index contributed by atoms with van der Waals surface area (Å²) in [7, 11) is 0. The SMILES string of the molecule is CCNC(=NCc1nccn1Cc1ccccc1)NC1CCN(c2ccc(F)cc2F)C1.I. The second-order valence-electron chi connectivity index (χ2n) is 7.82. The van der Waals surface area contributed by atoms with Crippen molar-refractivity contribution in [2.45, 2.75) is 32.5 Å². The van der Waals surface area contributed by atoms with Crippen LogP contribution in [0.15, 0.2) is 65.9 Å². The third-order valence-corrected chi connectivity index (χ3v) is 5.50. The molecule has 0 bridgehead atoms. The Morgan fingerprint density at radius 3 is 2.76 bits per heavy atom. The fourth-order valence-corrected chi connectivity index (χ4v) is 3.91. The third kappa shape index (κ3) is 6.66. The van der Waals surface area contributed by atoms with Crippen LogP contribution in [0.5, 0.6) is 0 Å². The molecular weight excluding hydrogens is 537 g/mol. The van der Waals surface area contributed by atoms with Crippen molar-refractivity contribution in [3.63, 3.8) is 0 Å². The molecule has 33 heavy (non-hydrogen) atoms. The molecule has 4 rings (SSSR count). The first-order chi connectivity index (χ1) is 15.6. The zero-order valence-corrected chi connectivity index (χ0v) is 20.9. The number of halogens is 3. The molecule has 1 aromatic heterocycles. The highest BCUT2D eigenvalue weighted by molar-refractivity contribution is 14.0. The number of guanidine groups is 1. The van der Waals surface area contributed by atoms with Crippen molar-refractivity contribution in [1.82, 2.24) is 20.2 Å². The molecule has 1 unspecified atom stereocenters. The van der Waals surface area contributed by atoms with Crippen molar-refractivity contribution in [2.24, 2.45) is 4.99 Å². The van der Waals surface area contributed by atoms with Crippen molar-refractivity contribution < 1.29 is 8.78 Å². The average molecular weight is 566 g/mol. The van der Waals surface area contributed by atoms with E-state index in [1.54, 1.807) is 6.20 Å². The Labute approximate surface area is 210 Å². The van der Waals surface area contributed by atoms with E-state index in [2.05, 4.69) is 32.3 Å². The Bertz CT molecular complexity index is 1060. The maximum Gasteiger partial charge on any atom is 0.191 e. The van der Waals surface area contributed by atoms with E-state index in [0.29, 0.717) is 31.3 Å². The Morgan fingerprint density at radius 2 is 2.00 bits per heavy atom. The fraction of sp³-hybridized carbons (Fsp3) is 0.333. The largest absolute Gasteiger partial charge is 0.367 e. The van der Waals surface area contributed by atoms with E-state index in [1.807, 2.05) is 36.2 Å². The molecule has 0 aliphatic carbocycles. The summed E-state index contributed by atoms with van der Waals surface area (Å²) in [6.07, 6.45) is 4.59. The molecule has 1 fully saturated rings. The van der Waals surface area contributed by atoms with E-state index in [1.165, 1.54) is 17.7 Å². The minimum absolute atomic E-state index is 0. The lowest BCUT2D eigenvalue weighted by molar-refractivity contribution is 0.580. The third-order valence-electron chi connectivity index (χ3n) is 5.50. The molecule has 1 aliphatic rings. The normalized spacial score (nSPS) is 15.9. The number of nitrogens with one attached hydrogen (secondary N) is 2. The smallest absolute Gasteiger partial charge is 0.191 e. The van der Waals surface area contributed by atoms with E-state index in [0.717, 1.165) is 31.4 Å². The van der Waals surface area contributed by atoms with E-state index < -0.39 is 11.6 Å². The van der Waals surface area contributed by atoms with Crippen LogP contribution in [0.3, 0.4) is 0 Å². The summed E-state index contributed by atoms with van der Waals surface area (Å²) in [4.78, 5) is 11.1. The maximum atomic E-state index is 14.1. The number of aromatic nitrogens is 2. The van der Waals surface area contributed by atoms with E-state index >= 15 is 0 Å². The zero-order valence-electron chi connectivity index (χ0n) is 18.5. The van der Waals surface area contributed by atoms with Gasteiger partial charge in [-0.25, -0.2) is 18.8 Å². The Balaban J connectivity index is 0.00000306. The Morgan fingerprint density at radius 1 is 1.18 bits per heavy atom. The average Bonchev–Trinajstić information content (AvgIpc) is 3.42. The summed E-state index contributed by atoms with van der Waals surface area (Å²) in [5.41, 5.74) is 1.64. The van der Waals surface area contributed by atoms with Gasteiger partial charge in [0, 0.05) is 50.7 Å². The van der Waals surface area contributed by atoms with Crippen LogP contribution in [0, 0.1) is 11.6 Å². The lowest BCUT2D eigenvalue weighted by atomic mass is 10.2. The van der Waals surface area contributed by atoms with Crippen LogP contribution < -0.4 is 15.5 Å². The molecule has 0 saturated carbocycles. The summed E-state index contributed by atoms with van der Waals surface area (Å²) in [6, 6.07) is 14.1. The lowest BCUT2D eigenvalue weighted by Crippen LogP contribution is -2.44. The second kappa shape index (κ2) is 12.0. The predicted octanol–water partition coefficient (Wildman–Crippen LogP) is 4.16. The summed E-state index contributed by atoms with van der Waals surface area (Å²) >= 11 is 0. The van der Waals surface area contributed by atoms with Crippen molar-refractivity contribution >= 4 is 35.6 Å². The first-order valence-electron chi connectivity index (χ1n) is 10.9. The summed E-state index contributed by atoms with van der Waals surface area (Å²) in [5.74, 6) is 0.490. The summed E-state index contributed by atoms with van der Waals surface area (Å²) in [5, 5.41) is 6.72. The molecule has 0 spiro atoms. The number of rotatable bonds is 7. The first-order valence-corrected chi connectivity index (χ1v) is 10.9. The monoisotopic (exact) mass is 566 g/mol. The van der Waals surface area contributed by atoms with Gasteiger partial charge in [-0.15, -0.1) is 24.0 Å². The van der Waals surface area contributed by atoms with Crippen molar-refractivity contribution in [1.29, 1.82) is 0 Å². The number of hydrogen-bond donors (Lipinski definition) is 2. The zero-order chi connectivity index (χ0) is 22.3. The van der Waals surface area contributed by atoms with Gasteiger partial charge < -0.3 is 20.1 Å². The van der Waals surface area contributed by atoms with Crippen LogP contribution in [0.1, 0.15) is 24.7 Å². The van der Waals surface area contributed by atoms with Gasteiger partial charge >= 0.3 is 0 Å². The van der Waals surface area contributed by atoms with E-state index in [4.69, 9.17) is 4.99 Å². The molecule has 0 radical (unpaired) electrons. The number of hydrogen-bond acceptors (Lipinski definition) is 3. The molecule has 2 N–H and O–H groups in total. The van der Waals surface area contributed by atoms with Gasteiger partial charge in [0.15, 0.2) is 5.96 Å². The Kier molecular flexibility index (Phi) is 9.04. The van der Waals surface area contributed by atoms with E-state index in [-0.39, 0.29) is 30.0 Å². The summed E-state index contributed by atoms with van der Waals surface area (Å²) < 4.78 is 29.4. The molecule has 2 heterocycles. The fourth-order valence-electron chi connectivity index (χ4n) is 3.91. The van der Waals surface area contributed by atoms with Crippen molar-refractivity contribution in [3.05, 3.63) is 83.9 Å². The number of anilines is 1. The van der Waals surface area contributed by atoms with Gasteiger partial charge in [0.05, 0.1) is 5.69 Å². The molecule has 1 atom stereocenters. The van der Waals surface area contributed by atoms with Crippen LogP contribution in [0.4, 0.5) is 14.5 Å². The molecule has 6 nitrogen and oxygen atoms in total. The molecule has 3 aromatic rings. The van der Waals surface area contributed by atoms with Crippen LogP contribution >= 0.6 is 24.0 Å². The van der Waals surface area contributed by atoms with Gasteiger partial charge in [0.1, 0.15) is 24.0 Å². The minimum Gasteiger partial charge on any atom is -0.367 e. The minimum atomic E-state index is -0.563. The second-order valence-corrected chi connectivity index (χ2v) is 7.82. The quantitative estimate of drug-likeness (QED) is 0.256. The molecule has 2 aromatic carbocycles. The van der Waals surface area contributed by atoms with Crippen LogP contribution in [-0.4, -0.2) is 41.2 Å². The number of aliphatic imine (C=N–C) groups is 1. The van der Waals surface area contributed by atoms with Crippen LogP contribution in [0.2, 0.25) is 0 Å². The highest BCUT2D eigenvalue weighted by atomic mass is 127. The van der Waals surface area contributed by atoms with Crippen molar-refractivity contribution in [2.75, 3.05) is 24.5 Å². The van der Waals surface area contributed by atoms with Gasteiger partial charge in [0.2, 0.25) is 0 Å². The van der Waals surface area contributed by atoms with Crippen molar-refractivity contribution in [3.8, 4) is 0 Å². The molecule has 1 saturated heterocycles. The summed E-state index contributed by atoms with van der Waals surface area (Å²) in [6.45, 7) is 5.25. The van der Waals surface area contributed by atoms with Gasteiger partial charge in [-0.1, -0.05) is 30.3 Å².